The number of anilines is 2. The van der Waals surface area contributed by atoms with Crippen molar-refractivity contribution in [2.24, 2.45) is 0 Å². The molecule has 1 aromatic heterocycles. The molecule has 0 aliphatic heterocycles. The van der Waals surface area contributed by atoms with Crippen LogP contribution in [0, 0.1) is 6.92 Å². The highest BCUT2D eigenvalue weighted by Crippen LogP contribution is 2.26. The van der Waals surface area contributed by atoms with Crippen molar-refractivity contribution in [2.75, 3.05) is 16.1 Å². The number of nitrogens with one attached hydrogen (secondary N) is 3. The number of amides is 3. The summed E-state index contributed by atoms with van der Waals surface area (Å²) in [6, 6.07) is 16.6. The fraction of sp³-hybridized carbons (Fsp3) is 0.0417. The summed E-state index contributed by atoms with van der Waals surface area (Å²) < 4.78 is 2.92. The maximum absolute atomic E-state index is 13.1. The van der Waals surface area contributed by atoms with Gasteiger partial charge in [0.1, 0.15) is 5.69 Å². The van der Waals surface area contributed by atoms with E-state index >= 15 is 0 Å². The van der Waals surface area contributed by atoms with Crippen molar-refractivity contribution in [3.8, 4) is 0 Å². The minimum Gasteiger partial charge on any atom is -0.321 e. The summed E-state index contributed by atoms with van der Waals surface area (Å²) in [6.07, 6.45) is 0. The van der Waals surface area contributed by atoms with E-state index in [1.54, 1.807) is 60.7 Å². The van der Waals surface area contributed by atoms with Gasteiger partial charge in [0, 0.05) is 35.8 Å². The number of carbonyl (C=O) groups excluding carboxylic acids is 3. The van der Waals surface area contributed by atoms with E-state index in [0.29, 0.717) is 32.3 Å². The predicted octanol–water partition coefficient (Wildman–Crippen LogP) is 6.74. The number of hydrogen-bond donors (Lipinski definition) is 3. The molecule has 0 aliphatic carbocycles. The molecule has 0 bridgehead atoms. The minimum absolute atomic E-state index is 0.0924. The molecular weight excluding hydrogens is 623 g/mol. The molecule has 3 amide bonds. The van der Waals surface area contributed by atoms with Crippen LogP contribution >= 0.6 is 55.1 Å². The molecule has 0 aliphatic rings. The molecule has 178 valence electrons. The van der Waals surface area contributed by atoms with Gasteiger partial charge in [-0.1, -0.05) is 55.1 Å². The lowest BCUT2D eigenvalue weighted by atomic mass is 10.2. The molecule has 0 radical (unpaired) electrons. The molecule has 0 unspecified atom stereocenters. The lowest BCUT2D eigenvalue weighted by Crippen LogP contribution is -2.36. The lowest BCUT2D eigenvalue weighted by molar-refractivity contribution is -0.133. The van der Waals surface area contributed by atoms with E-state index in [-0.39, 0.29) is 5.69 Å². The Morgan fingerprint density at radius 2 is 1.51 bits per heavy atom. The molecule has 4 rings (SSSR count). The monoisotopic (exact) mass is 636 g/mol. The molecule has 0 saturated carbocycles. The highest BCUT2D eigenvalue weighted by molar-refractivity contribution is 9.10. The Kier molecular flexibility index (Phi) is 7.51. The first-order chi connectivity index (χ1) is 16.6. The first kappa shape index (κ1) is 25.2. The van der Waals surface area contributed by atoms with Crippen LogP contribution in [0.1, 0.15) is 16.1 Å². The van der Waals surface area contributed by atoms with Crippen molar-refractivity contribution < 1.29 is 14.4 Å². The molecule has 0 fully saturated rings. The van der Waals surface area contributed by atoms with E-state index < -0.39 is 17.7 Å². The Hall–Kier alpha value is -2.85. The molecule has 11 heteroatoms. The first-order valence-corrected chi connectivity index (χ1v) is 12.4. The summed E-state index contributed by atoms with van der Waals surface area (Å²) in [6.45, 7) is 1.86. The topological polar surface area (TPSA) is 92.2 Å². The fourth-order valence-corrected chi connectivity index (χ4v) is 4.51. The summed E-state index contributed by atoms with van der Waals surface area (Å²) in [5.74, 6) is -2.38. The zero-order valence-electron chi connectivity index (χ0n) is 18.0. The minimum atomic E-state index is -0.953. The van der Waals surface area contributed by atoms with Crippen LogP contribution < -0.4 is 16.1 Å². The van der Waals surface area contributed by atoms with Crippen LogP contribution in [0.3, 0.4) is 0 Å². The van der Waals surface area contributed by atoms with Gasteiger partial charge in [0.15, 0.2) is 0 Å². The van der Waals surface area contributed by atoms with E-state index in [4.69, 9.17) is 23.2 Å². The average Bonchev–Trinajstić information content (AvgIpc) is 3.13. The van der Waals surface area contributed by atoms with Gasteiger partial charge in [0.25, 0.3) is 5.91 Å². The number of fused-ring (bicyclic) bond motifs is 1. The highest BCUT2D eigenvalue weighted by atomic mass is 79.9. The van der Waals surface area contributed by atoms with Gasteiger partial charge in [-0.05, 0) is 73.2 Å². The molecular formula is C24H16Br2Cl2N4O3. The number of benzene rings is 3. The van der Waals surface area contributed by atoms with Crippen LogP contribution in [0.4, 0.5) is 11.4 Å². The van der Waals surface area contributed by atoms with Gasteiger partial charge in [-0.2, -0.15) is 0 Å². The molecule has 1 heterocycles. The van der Waals surface area contributed by atoms with Crippen LogP contribution in [-0.2, 0) is 9.59 Å². The van der Waals surface area contributed by atoms with Crippen molar-refractivity contribution in [3.63, 3.8) is 0 Å². The average molecular weight is 639 g/mol. The van der Waals surface area contributed by atoms with Gasteiger partial charge in [-0.25, -0.2) is 4.68 Å². The van der Waals surface area contributed by atoms with Crippen molar-refractivity contribution in [2.45, 2.75) is 6.92 Å². The largest absolute Gasteiger partial charge is 0.328 e. The van der Waals surface area contributed by atoms with Crippen molar-refractivity contribution in [3.05, 3.63) is 90.9 Å². The fourth-order valence-electron chi connectivity index (χ4n) is 3.36. The van der Waals surface area contributed by atoms with Crippen LogP contribution in [0.15, 0.2) is 69.6 Å². The zero-order valence-corrected chi connectivity index (χ0v) is 22.6. The van der Waals surface area contributed by atoms with Gasteiger partial charge in [-0.15, -0.1) is 0 Å². The Labute approximate surface area is 227 Å². The van der Waals surface area contributed by atoms with E-state index in [1.165, 1.54) is 4.68 Å². The lowest BCUT2D eigenvalue weighted by Gasteiger charge is -2.13. The van der Waals surface area contributed by atoms with Crippen molar-refractivity contribution in [1.29, 1.82) is 0 Å². The van der Waals surface area contributed by atoms with Gasteiger partial charge < -0.3 is 10.6 Å². The predicted molar refractivity (Wildman–Crippen MR) is 146 cm³/mol. The number of carbonyl (C=O) groups is 3. The third-order valence-electron chi connectivity index (χ3n) is 4.95. The summed E-state index contributed by atoms with van der Waals surface area (Å²) in [5, 5.41) is 6.64. The second-order valence-corrected chi connectivity index (χ2v) is 10.2. The van der Waals surface area contributed by atoms with E-state index in [2.05, 4.69) is 47.9 Å². The van der Waals surface area contributed by atoms with Gasteiger partial charge >= 0.3 is 11.8 Å². The number of aryl methyl sites for hydroxylation is 1. The summed E-state index contributed by atoms with van der Waals surface area (Å²) in [7, 11) is 0. The third-order valence-corrected chi connectivity index (χ3v) is 6.77. The number of rotatable bonds is 4. The van der Waals surface area contributed by atoms with Gasteiger partial charge in [-0.3, -0.25) is 19.8 Å². The third kappa shape index (κ3) is 5.87. The maximum Gasteiger partial charge on any atom is 0.328 e. The highest BCUT2D eigenvalue weighted by Gasteiger charge is 2.21. The smallest absolute Gasteiger partial charge is 0.321 e. The summed E-state index contributed by atoms with van der Waals surface area (Å²) in [4.78, 5) is 38.5. The van der Waals surface area contributed by atoms with Crippen LogP contribution in [0.5, 0.6) is 0 Å². The van der Waals surface area contributed by atoms with Gasteiger partial charge in [0.05, 0.1) is 5.52 Å². The van der Waals surface area contributed by atoms with E-state index in [9.17, 15) is 14.4 Å². The SMILES string of the molecule is Cc1cc(NC(=O)C(=O)Nn2c(C(=O)Nc3cc(Cl)cc(Cl)c3)cc3cc(Br)ccc32)ccc1Br. The van der Waals surface area contributed by atoms with Gasteiger partial charge in [0.2, 0.25) is 0 Å². The Morgan fingerprint density at radius 3 is 2.20 bits per heavy atom. The second-order valence-electron chi connectivity index (χ2n) is 7.54. The zero-order chi connectivity index (χ0) is 25.3. The quantitative estimate of drug-likeness (QED) is 0.216. The maximum atomic E-state index is 13.1. The Bertz CT molecular complexity index is 1480. The van der Waals surface area contributed by atoms with Crippen LogP contribution in [0.2, 0.25) is 10.0 Å². The molecule has 7 nitrogen and oxygen atoms in total. The summed E-state index contributed by atoms with van der Waals surface area (Å²) in [5.41, 5.74) is 4.86. The van der Waals surface area contributed by atoms with Crippen LogP contribution in [0.25, 0.3) is 10.9 Å². The molecule has 0 spiro atoms. The van der Waals surface area contributed by atoms with Crippen molar-refractivity contribution >= 4 is 95.1 Å². The van der Waals surface area contributed by atoms with Crippen LogP contribution in [-0.4, -0.2) is 22.4 Å². The molecule has 3 aromatic carbocycles. The molecule has 4 aromatic rings. The normalized spacial score (nSPS) is 10.8. The Morgan fingerprint density at radius 1 is 0.800 bits per heavy atom. The summed E-state index contributed by atoms with van der Waals surface area (Å²) >= 11 is 18.9. The molecule has 0 saturated heterocycles. The second kappa shape index (κ2) is 10.4. The number of hydrogen-bond acceptors (Lipinski definition) is 3. The number of nitrogens with zero attached hydrogens (tertiary/aromatic N) is 1. The van der Waals surface area contributed by atoms with E-state index in [0.717, 1.165) is 14.5 Å². The van der Waals surface area contributed by atoms with Crippen molar-refractivity contribution in [1.82, 2.24) is 4.68 Å². The van der Waals surface area contributed by atoms with E-state index in [1.807, 2.05) is 6.92 Å². The number of aromatic nitrogens is 1. The molecule has 35 heavy (non-hydrogen) atoms. The molecule has 3 N–H and O–H groups in total. The first-order valence-electron chi connectivity index (χ1n) is 10.1. The Balaban J connectivity index is 1.63. The number of halogens is 4. The molecule has 0 atom stereocenters. The standard InChI is InChI=1S/C24H16Br2Cl2N4O3/c1-12-6-17(3-4-19(12)26)29-23(34)24(35)31-32-20-5-2-14(25)7-13(20)8-21(32)22(33)30-18-10-15(27)9-16(28)11-18/h2-11H,1H3,(H,29,34)(H,30,33)(H,31,35).